The number of rotatable bonds is 2. The summed E-state index contributed by atoms with van der Waals surface area (Å²) in [6.45, 7) is 6.28. The minimum atomic E-state index is 0.392. The van der Waals surface area contributed by atoms with Crippen molar-refractivity contribution in [3.05, 3.63) is 34.5 Å². The van der Waals surface area contributed by atoms with E-state index in [1.807, 2.05) is 20.0 Å². The van der Waals surface area contributed by atoms with Gasteiger partial charge in [0.25, 0.3) is 0 Å². The molecular weight excluding hydrogens is 232 g/mol. The van der Waals surface area contributed by atoms with Crippen LogP contribution in [-0.2, 0) is 0 Å². The van der Waals surface area contributed by atoms with Crippen LogP contribution < -0.4 is 5.32 Å². The van der Waals surface area contributed by atoms with Crippen LogP contribution in [0.5, 0.6) is 0 Å². The number of pyridine rings is 1. The zero-order chi connectivity index (χ0) is 12.6. The Hall–Kier alpha value is -1.28. The Morgan fingerprint density at radius 1 is 1.29 bits per heavy atom. The van der Waals surface area contributed by atoms with Gasteiger partial charge in [0.15, 0.2) is 0 Å². The lowest BCUT2D eigenvalue weighted by Crippen LogP contribution is -1.99. The van der Waals surface area contributed by atoms with Crippen molar-refractivity contribution < 1.29 is 0 Å². The quantitative estimate of drug-likeness (QED) is 0.854. The van der Waals surface area contributed by atoms with Crippen LogP contribution in [0.25, 0.3) is 10.9 Å². The molecule has 3 heteroatoms. The second-order valence-electron chi connectivity index (χ2n) is 4.59. The van der Waals surface area contributed by atoms with Crippen molar-refractivity contribution in [3.8, 4) is 0 Å². The highest BCUT2D eigenvalue weighted by Gasteiger charge is 2.11. The van der Waals surface area contributed by atoms with Gasteiger partial charge in [0.05, 0.1) is 10.5 Å². The summed E-state index contributed by atoms with van der Waals surface area (Å²) in [6, 6.07) is 6.19. The molecule has 2 rings (SSSR count). The molecular formula is C14H17ClN2. The average molecular weight is 249 g/mol. The summed E-state index contributed by atoms with van der Waals surface area (Å²) in [5.74, 6) is 0.392. The van der Waals surface area contributed by atoms with Gasteiger partial charge in [-0.25, -0.2) is 0 Å². The Kier molecular flexibility index (Phi) is 3.25. The molecule has 0 spiro atoms. The van der Waals surface area contributed by atoms with Crippen molar-refractivity contribution >= 4 is 28.2 Å². The second kappa shape index (κ2) is 4.53. The van der Waals surface area contributed by atoms with E-state index in [-0.39, 0.29) is 0 Å². The van der Waals surface area contributed by atoms with E-state index in [1.54, 1.807) is 0 Å². The summed E-state index contributed by atoms with van der Waals surface area (Å²) in [4.78, 5) is 4.67. The molecule has 0 aliphatic carbocycles. The first-order valence-corrected chi connectivity index (χ1v) is 6.20. The molecule has 2 aromatic rings. The van der Waals surface area contributed by atoms with Gasteiger partial charge in [0, 0.05) is 23.8 Å². The first-order chi connectivity index (χ1) is 8.04. The van der Waals surface area contributed by atoms with Gasteiger partial charge in [0.2, 0.25) is 0 Å². The summed E-state index contributed by atoms with van der Waals surface area (Å²) in [6.07, 6.45) is 0. The maximum absolute atomic E-state index is 6.34. The van der Waals surface area contributed by atoms with E-state index in [2.05, 4.69) is 36.3 Å². The van der Waals surface area contributed by atoms with Crippen LogP contribution in [0.1, 0.15) is 31.0 Å². The molecule has 0 atom stereocenters. The molecule has 0 amide bonds. The van der Waals surface area contributed by atoms with E-state index < -0.39 is 0 Å². The number of anilines is 1. The molecule has 1 aromatic carbocycles. The Bertz CT molecular complexity index is 562. The third-order valence-corrected chi connectivity index (χ3v) is 3.47. The van der Waals surface area contributed by atoms with Gasteiger partial charge in [-0.2, -0.15) is 0 Å². The molecule has 0 unspecified atom stereocenters. The van der Waals surface area contributed by atoms with Gasteiger partial charge in [0.1, 0.15) is 0 Å². The number of halogens is 1. The van der Waals surface area contributed by atoms with Crippen LogP contribution in [0.4, 0.5) is 5.69 Å². The van der Waals surface area contributed by atoms with Crippen molar-refractivity contribution in [1.29, 1.82) is 0 Å². The normalized spacial score (nSPS) is 11.2. The predicted molar refractivity (Wildman–Crippen MR) is 75.1 cm³/mol. The van der Waals surface area contributed by atoms with E-state index in [4.69, 9.17) is 11.6 Å². The number of fused-ring (bicyclic) bond motifs is 1. The summed E-state index contributed by atoms with van der Waals surface area (Å²) in [7, 11) is 1.92. The maximum atomic E-state index is 6.34. The zero-order valence-electron chi connectivity index (χ0n) is 10.6. The van der Waals surface area contributed by atoms with Gasteiger partial charge in [-0.05, 0) is 24.5 Å². The monoisotopic (exact) mass is 248 g/mol. The number of hydrogen-bond donors (Lipinski definition) is 1. The SMILES string of the molecule is CNc1cc(C(C)C)nc2c(Cl)c(C)ccc12. The van der Waals surface area contributed by atoms with Gasteiger partial charge < -0.3 is 5.32 Å². The lowest BCUT2D eigenvalue weighted by Gasteiger charge is -2.13. The molecule has 0 aliphatic heterocycles. The Labute approximate surface area is 107 Å². The lowest BCUT2D eigenvalue weighted by atomic mass is 10.0. The van der Waals surface area contributed by atoms with Crippen LogP contribution in [0.15, 0.2) is 18.2 Å². The molecule has 1 N–H and O–H groups in total. The summed E-state index contributed by atoms with van der Waals surface area (Å²) >= 11 is 6.34. The first kappa shape index (κ1) is 12.2. The highest BCUT2D eigenvalue weighted by Crippen LogP contribution is 2.32. The molecule has 0 radical (unpaired) electrons. The molecule has 0 saturated carbocycles. The van der Waals surface area contributed by atoms with Crippen LogP contribution >= 0.6 is 11.6 Å². The number of aromatic nitrogens is 1. The van der Waals surface area contributed by atoms with Crippen molar-refractivity contribution in [2.45, 2.75) is 26.7 Å². The lowest BCUT2D eigenvalue weighted by molar-refractivity contribution is 0.830. The first-order valence-electron chi connectivity index (χ1n) is 5.82. The van der Waals surface area contributed by atoms with E-state index in [0.29, 0.717) is 5.92 Å². The standard InChI is InChI=1S/C14H17ClN2/c1-8(2)11-7-12(16-4)10-6-5-9(3)13(15)14(10)17-11/h5-8H,1-4H3,(H,16,17). The Morgan fingerprint density at radius 3 is 2.59 bits per heavy atom. The molecule has 17 heavy (non-hydrogen) atoms. The summed E-state index contributed by atoms with van der Waals surface area (Å²) in [5, 5.41) is 5.04. The predicted octanol–water partition coefficient (Wildman–Crippen LogP) is 4.36. The molecule has 1 aromatic heterocycles. The Morgan fingerprint density at radius 2 is 2.00 bits per heavy atom. The highest BCUT2D eigenvalue weighted by molar-refractivity contribution is 6.36. The third kappa shape index (κ3) is 2.09. The number of nitrogens with zero attached hydrogens (tertiary/aromatic N) is 1. The largest absolute Gasteiger partial charge is 0.388 e. The second-order valence-corrected chi connectivity index (χ2v) is 4.97. The minimum absolute atomic E-state index is 0.392. The summed E-state index contributed by atoms with van der Waals surface area (Å²) < 4.78 is 0. The molecule has 90 valence electrons. The van der Waals surface area contributed by atoms with Gasteiger partial charge in [-0.3, -0.25) is 4.98 Å². The van der Waals surface area contributed by atoms with E-state index in [1.165, 1.54) is 0 Å². The molecule has 0 bridgehead atoms. The van der Waals surface area contributed by atoms with E-state index >= 15 is 0 Å². The van der Waals surface area contributed by atoms with Gasteiger partial charge >= 0.3 is 0 Å². The number of benzene rings is 1. The van der Waals surface area contributed by atoms with E-state index in [0.717, 1.165) is 32.9 Å². The van der Waals surface area contributed by atoms with Gasteiger partial charge in [-0.15, -0.1) is 0 Å². The van der Waals surface area contributed by atoms with Crippen molar-refractivity contribution in [3.63, 3.8) is 0 Å². The number of nitrogens with one attached hydrogen (secondary N) is 1. The maximum Gasteiger partial charge on any atom is 0.0915 e. The smallest absolute Gasteiger partial charge is 0.0915 e. The fraction of sp³-hybridized carbons (Fsp3) is 0.357. The van der Waals surface area contributed by atoms with Gasteiger partial charge in [-0.1, -0.05) is 37.6 Å². The Balaban J connectivity index is 2.83. The zero-order valence-corrected chi connectivity index (χ0v) is 11.4. The van der Waals surface area contributed by atoms with E-state index in [9.17, 15) is 0 Å². The topological polar surface area (TPSA) is 24.9 Å². The van der Waals surface area contributed by atoms with Crippen LogP contribution in [0, 0.1) is 6.92 Å². The van der Waals surface area contributed by atoms with Crippen molar-refractivity contribution in [1.82, 2.24) is 4.98 Å². The van der Waals surface area contributed by atoms with Crippen LogP contribution in [0.2, 0.25) is 5.02 Å². The van der Waals surface area contributed by atoms with Crippen LogP contribution in [0.3, 0.4) is 0 Å². The van der Waals surface area contributed by atoms with Crippen molar-refractivity contribution in [2.75, 3.05) is 12.4 Å². The summed E-state index contributed by atoms with van der Waals surface area (Å²) in [5.41, 5.74) is 4.10. The molecule has 0 aliphatic rings. The molecule has 0 fully saturated rings. The third-order valence-electron chi connectivity index (χ3n) is 2.99. The molecule has 2 nitrogen and oxygen atoms in total. The van der Waals surface area contributed by atoms with Crippen molar-refractivity contribution in [2.24, 2.45) is 0 Å². The minimum Gasteiger partial charge on any atom is -0.388 e. The fourth-order valence-electron chi connectivity index (χ4n) is 1.88. The van der Waals surface area contributed by atoms with Crippen LogP contribution in [-0.4, -0.2) is 12.0 Å². The molecule has 1 heterocycles. The highest BCUT2D eigenvalue weighted by atomic mass is 35.5. The number of aryl methyl sites for hydroxylation is 1. The average Bonchev–Trinajstić information content (AvgIpc) is 2.32. The fourth-order valence-corrected chi connectivity index (χ4v) is 2.09. The molecule has 0 saturated heterocycles. The number of hydrogen-bond acceptors (Lipinski definition) is 2.